The summed E-state index contributed by atoms with van der Waals surface area (Å²) >= 11 is 3.34. The molecule has 0 aromatic heterocycles. The fourth-order valence-corrected chi connectivity index (χ4v) is 2.12. The summed E-state index contributed by atoms with van der Waals surface area (Å²) in [5.74, 6) is -0.327. The number of carbonyl (C=O) groups excluding carboxylic acids is 1. The number of hydrogen-bond donors (Lipinski definition) is 2. The monoisotopic (exact) mass is 376 g/mol. The van der Waals surface area contributed by atoms with Crippen LogP contribution in [0.5, 0.6) is 0 Å². The number of anilines is 1. The molecule has 2 aromatic rings. The van der Waals surface area contributed by atoms with Gasteiger partial charge in [0.15, 0.2) is 0 Å². The summed E-state index contributed by atoms with van der Waals surface area (Å²) < 4.78 is 0.909. The van der Waals surface area contributed by atoms with Gasteiger partial charge in [-0.25, -0.2) is 5.43 Å². The number of nitro benzene ring substituents is 1. The van der Waals surface area contributed by atoms with Crippen molar-refractivity contribution in [1.82, 2.24) is 5.43 Å². The van der Waals surface area contributed by atoms with Crippen molar-refractivity contribution >= 4 is 39.4 Å². The fraction of sp³-hybridized carbons (Fsp3) is 0.0667. The van der Waals surface area contributed by atoms with Crippen LogP contribution >= 0.6 is 15.9 Å². The zero-order valence-electron chi connectivity index (χ0n) is 11.9. The second kappa shape index (κ2) is 8.04. The van der Waals surface area contributed by atoms with Crippen LogP contribution in [-0.4, -0.2) is 23.6 Å². The molecule has 0 radical (unpaired) electrons. The molecule has 118 valence electrons. The zero-order valence-corrected chi connectivity index (χ0v) is 13.5. The maximum Gasteiger partial charge on any atom is 0.270 e. The Morgan fingerprint density at radius 3 is 2.78 bits per heavy atom. The summed E-state index contributed by atoms with van der Waals surface area (Å²) in [5, 5.41) is 17.4. The Bertz CT molecular complexity index is 749. The van der Waals surface area contributed by atoms with E-state index in [0.29, 0.717) is 5.56 Å². The second-order valence-electron chi connectivity index (χ2n) is 4.51. The number of benzene rings is 2. The summed E-state index contributed by atoms with van der Waals surface area (Å²) in [6, 6.07) is 13.4. The van der Waals surface area contributed by atoms with Crippen LogP contribution < -0.4 is 10.7 Å². The van der Waals surface area contributed by atoms with Crippen LogP contribution in [0.15, 0.2) is 58.1 Å². The molecular formula is C15H13BrN4O3. The Labute approximate surface area is 140 Å². The van der Waals surface area contributed by atoms with Crippen LogP contribution in [0.4, 0.5) is 11.4 Å². The summed E-state index contributed by atoms with van der Waals surface area (Å²) in [6.45, 7) is 0.0583. The summed E-state index contributed by atoms with van der Waals surface area (Å²) in [7, 11) is 0. The number of carbonyl (C=O) groups is 1. The largest absolute Gasteiger partial charge is 0.376 e. The van der Waals surface area contributed by atoms with Gasteiger partial charge in [-0.15, -0.1) is 0 Å². The van der Waals surface area contributed by atoms with E-state index in [2.05, 4.69) is 31.8 Å². The molecule has 1 amide bonds. The molecule has 0 atom stereocenters. The lowest BCUT2D eigenvalue weighted by Crippen LogP contribution is -2.25. The van der Waals surface area contributed by atoms with Gasteiger partial charge in [0.2, 0.25) is 0 Å². The Morgan fingerprint density at radius 1 is 1.26 bits per heavy atom. The molecule has 0 saturated carbocycles. The second-order valence-corrected chi connectivity index (χ2v) is 5.42. The van der Waals surface area contributed by atoms with E-state index in [0.717, 1.165) is 10.2 Å². The molecule has 0 aliphatic carbocycles. The summed E-state index contributed by atoms with van der Waals surface area (Å²) in [5.41, 5.74) is 3.65. The van der Waals surface area contributed by atoms with Crippen molar-refractivity contribution in [2.45, 2.75) is 0 Å². The van der Waals surface area contributed by atoms with Gasteiger partial charge in [0.25, 0.3) is 11.6 Å². The lowest BCUT2D eigenvalue weighted by atomic mass is 10.2. The molecule has 0 spiro atoms. The van der Waals surface area contributed by atoms with Crippen molar-refractivity contribution in [3.63, 3.8) is 0 Å². The van der Waals surface area contributed by atoms with Crippen molar-refractivity contribution in [2.24, 2.45) is 5.10 Å². The SMILES string of the molecule is O=C(CNc1cccc(Br)c1)NN=Cc1cccc([N+](=O)[O-])c1. The Balaban J connectivity index is 1.84. The van der Waals surface area contributed by atoms with Gasteiger partial charge >= 0.3 is 0 Å². The van der Waals surface area contributed by atoms with Crippen molar-refractivity contribution < 1.29 is 9.72 Å². The number of non-ortho nitro benzene ring substituents is 1. The van der Waals surface area contributed by atoms with Crippen molar-refractivity contribution in [3.8, 4) is 0 Å². The summed E-state index contributed by atoms with van der Waals surface area (Å²) in [4.78, 5) is 21.8. The molecule has 0 aliphatic rings. The number of rotatable bonds is 6. The van der Waals surface area contributed by atoms with Crippen molar-refractivity contribution in [3.05, 3.63) is 68.7 Å². The van der Waals surface area contributed by atoms with Gasteiger partial charge in [0, 0.05) is 27.9 Å². The van der Waals surface area contributed by atoms with Crippen LogP contribution in [-0.2, 0) is 4.79 Å². The Kier molecular flexibility index (Phi) is 5.81. The smallest absolute Gasteiger partial charge is 0.270 e. The third-order valence-corrected chi connectivity index (χ3v) is 3.25. The number of hydrogen-bond acceptors (Lipinski definition) is 5. The van der Waals surface area contributed by atoms with E-state index in [1.165, 1.54) is 18.3 Å². The van der Waals surface area contributed by atoms with E-state index in [-0.39, 0.29) is 18.1 Å². The van der Waals surface area contributed by atoms with Gasteiger partial charge < -0.3 is 5.32 Å². The normalized spacial score (nSPS) is 10.5. The van der Waals surface area contributed by atoms with Gasteiger partial charge in [-0.1, -0.05) is 34.1 Å². The van der Waals surface area contributed by atoms with E-state index in [4.69, 9.17) is 0 Å². The lowest BCUT2D eigenvalue weighted by molar-refractivity contribution is -0.384. The molecule has 7 nitrogen and oxygen atoms in total. The average Bonchev–Trinajstić information content (AvgIpc) is 2.53. The van der Waals surface area contributed by atoms with Gasteiger partial charge in [0.1, 0.15) is 0 Å². The molecule has 0 heterocycles. The van der Waals surface area contributed by atoms with Crippen LogP contribution in [0.25, 0.3) is 0 Å². The van der Waals surface area contributed by atoms with Gasteiger partial charge in [-0.2, -0.15) is 5.10 Å². The van der Waals surface area contributed by atoms with Gasteiger partial charge in [-0.05, 0) is 18.2 Å². The highest BCUT2D eigenvalue weighted by atomic mass is 79.9. The quantitative estimate of drug-likeness (QED) is 0.460. The highest BCUT2D eigenvalue weighted by Crippen LogP contribution is 2.15. The number of hydrazone groups is 1. The first kappa shape index (κ1) is 16.6. The number of nitro groups is 1. The molecule has 8 heteroatoms. The van der Waals surface area contributed by atoms with E-state index in [1.807, 2.05) is 24.3 Å². The molecule has 2 aromatic carbocycles. The molecule has 0 saturated heterocycles. The minimum atomic E-state index is -0.488. The minimum Gasteiger partial charge on any atom is -0.376 e. The third kappa shape index (κ3) is 5.51. The standard InChI is InChI=1S/C15H13BrN4O3/c16-12-4-2-5-13(8-12)17-10-15(21)19-18-9-11-3-1-6-14(7-11)20(22)23/h1-9,17H,10H2,(H,19,21). The maximum atomic E-state index is 11.7. The number of halogens is 1. The maximum absolute atomic E-state index is 11.7. The fourth-order valence-electron chi connectivity index (χ4n) is 1.72. The van der Waals surface area contributed by atoms with Crippen LogP contribution in [0.1, 0.15) is 5.56 Å². The van der Waals surface area contributed by atoms with E-state index in [1.54, 1.807) is 12.1 Å². The first-order chi connectivity index (χ1) is 11.0. The zero-order chi connectivity index (χ0) is 16.7. The molecule has 2 N–H and O–H groups in total. The Hall–Kier alpha value is -2.74. The van der Waals surface area contributed by atoms with E-state index in [9.17, 15) is 14.9 Å². The van der Waals surface area contributed by atoms with E-state index >= 15 is 0 Å². The van der Waals surface area contributed by atoms with Crippen molar-refractivity contribution in [1.29, 1.82) is 0 Å². The molecule has 23 heavy (non-hydrogen) atoms. The highest BCUT2D eigenvalue weighted by molar-refractivity contribution is 9.10. The number of nitrogens with one attached hydrogen (secondary N) is 2. The molecular weight excluding hydrogens is 364 g/mol. The minimum absolute atomic E-state index is 0.0309. The van der Waals surface area contributed by atoms with Gasteiger partial charge in [-0.3, -0.25) is 14.9 Å². The molecule has 0 bridgehead atoms. The first-order valence-electron chi connectivity index (χ1n) is 6.60. The van der Waals surface area contributed by atoms with Crippen molar-refractivity contribution in [2.75, 3.05) is 11.9 Å². The van der Waals surface area contributed by atoms with Crippen LogP contribution in [0.2, 0.25) is 0 Å². The lowest BCUT2D eigenvalue weighted by Gasteiger charge is -2.05. The molecule has 0 unspecified atom stereocenters. The highest BCUT2D eigenvalue weighted by Gasteiger charge is 2.04. The van der Waals surface area contributed by atoms with E-state index < -0.39 is 4.92 Å². The predicted molar refractivity (Wildman–Crippen MR) is 91.5 cm³/mol. The topological polar surface area (TPSA) is 96.6 Å². The average molecular weight is 377 g/mol. The predicted octanol–water partition coefficient (Wildman–Crippen LogP) is 2.92. The molecule has 2 rings (SSSR count). The van der Waals surface area contributed by atoms with Gasteiger partial charge in [0.05, 0.1) is 17.7 Å². The molecule has 0 aliphatic heterocycles. The summed E-state index contributed by atoms with van der Waals surface area (Å²) in [6.07, 6.45) is 1.35. The number of amides is 1. The first-order valence-corrected chi connectivity index (χ1v) is 7.40. The van der Waals surface area contributed by atoms with Crippen LogP contribution in [0.3, 0.4) is 0 Å². The number of nitrogens with zero attached hydrogens (tertiary/aromatic N) is 2. The third-order valence-electron chi connectivity index (χ3n) is 2.76. The van der Waals surface area contributed by atoms with Crippen LogP contribution in [0, 0.1) is 10.1 Å². The molecule has 0 fully saturated rings. The Morgan fingerprint density at radius 2 is 2.04 bits per heavy atom.